The standard InChI is InChI=1S/C10H13N3O4/c14-7-4-8(10(16)17)13(5-7)9(15)3-6-1-2-11-12-6/h1-2,7-8,14H,3-5H2,(H,11,12)(H,16,17)/t7-,8-/m0/s1. The number of rotatable bonds is 3. The Kier molecular flexibility index (Phi) is 3.10. The number of β-amino-alcohol motifs (C(OH)–C–C–N with tert-alkyl or cyclic N) is 1. The van der Waals surface area contributed by atoms with Gasteiger partial charge in [0.1, 0.15) is 6.04 Å². The largest absolute Gasteiger partial charge is 0.480 e. The number of aromatic nitrogens is 2. The highest BCUT2D eigenvalue weighted by atomic mass is 16.4. The summed E-state index contributed by atoms with van der Waals surface area (Å²) in [5, 5.41) is 24.7. The maximum atomic E-state index is 11.9. The molecule has 1 saturated heterocycles. The highest BCUT2D eigenvalue weighted by Crippen LogP contribution is 2.19. The minimum atomic E-state index is -1.08. The van der Waals surface area contributed by atoms with Crippen molar-refractivity contribution in [3.63, 3.8) is 0 Å². The van der Waals surface area contributed by atoms with Crippen LogP contribution in [0.25, 0.3) is 0 Å². The maximum Gasteiger partial charge on any atom is 0.326 e. The van der Waals surface area contributed by atoms with E-state index in [4.69, 9.17) is 5.11 Å². The number of H-pyrrole nitrogens is 1. The van der Waals surface area contributed by atoms with Gasteiger partial charge in [0.15, 0.2) is 0 Å². The number of aliphatic hydroxyl groups is 1. The molecule has 1 fully saturated rings. The Morgan fingerprint density at radius 1 is 1.59 bits per heavy atom. The van der Waals surface area contributed by atoms with Crippen molar-refractivity contribution in [2.24, 2.45) is 0 Å². The molecule has 2 rings (SSSR count). The number of nitrogens with one attached hydrogen (secondary N) is 1. The number of aromatic amines is 1. The van der Waals surface area contributed by atoms with Gasteiger partial charge in [-0.05, 0) is 6.07 Å². The lowest BCUT2D eigenvalue weighted by molar-refractivity contribution is -0.148. The fourth-order valence-corrected chi connectivity index (χ4v) is 1.97. The molecular formula is C10H13N3O4. The van der Waals surface area contributed by atoms with E-state index in [-0.39, 0.29) is 25.3 Å². The second kappa shape index (κ2) is 4.54. The molecule has 0 saturated carbocycles. The summed E-state index contributed by atoms with van der Waals surface area (Å²) >= 11 is 0. The quantitative estimate of drug-likeness (QED) is 0.627. The molecule has 2 atom stereocenters. The first-order valence-electron chi connectivity index (χ1n) is 5.26. The van der Waals surface area contributed by atoms with Crippen molar-refractivity contribution < 1.29 is 19.8 Å². The lowest BCUT2D eigenvalue weighted by Crippen LogP contribution is -2.41. The third kappa shape index (κ3) is 2.44. The topological polar surface area (TPSA) is 107 Å². The van der Waals surface area contributed by atoms with E-state index < -0.39 is 18.1 Å². The molecule has 0 aromatic carbocycles. The van der Waals surface area contributed by atoms with Gasteiger partial charge in [-0.1, -0.05) is 0 Å². The number of carbonyl (C=O) groups is 2. The molecule has 0 unspecified atom stereocenters. The van der Waals surface area contributed by atoms with E-state index in [0.717, 1.165) is 0 Å². The average molecular weight is 239 g/mol. The molecule has 7 nitrogen and oxygen atoms in total. The van der Waals surface area contributed by atoms with Crippen molar-refractivity contribution in [2.45, 2.75) is 25.0 Å². The Morgan fingerprint density at radius 3 is 2.94 bits per heavy atom. The van der Waals surface area contributed by atoms with E-state index in [1.54, 1.807) is 6.07 Å². The smallest absolute Gasteiger partial charge is 0.326 e. The molecule has 1 amide bonds. The van der Waals surface area contributed by atoms with Crippen LogP contribution in [0.3, 0.4) is 0 Å². The number of hydrogen-bond acceptors (Lipinski definition) is 4. The Balaban J connectivity index is 2.05. The van der Waals surface area contributed by atoms with Crippen LogP contribution < -0.4 is 0 Å². The minimum absolute atomic E-state index is 0.0660. The number of aliphatic carboxylic acids is 1. The summed E-state index contributed by atoms with van der Waals surface area (Å²) in [6, 6.07) is 0.723. The van der Waals surface area contributed by atoms with Gasteiger partial charge in [-0.25, -0.2) is 4.79 Å². The van der Waals surface area contributed by atoms with Crippen molar-refractivity contribution >= 4 is 11.9 Å². The minimum Gasteiger partial charge on any atom is -0.480 e. The highest BCUT2D eigenvalue weighted by molar-refractivity contribution is 5.85. The van der Waals surface area contributed by atoms with E-state index in [2.05, 4.69) is 10.2 Å². The van der Waals surface area contributed by atoms with Crippen molar-refractivity contribution in [2.75, 3.05) is 6.54 Å². The third-order valence-electron chi connectivity index (χ3n) is 2.78. The second-order valence-corrected chi connectivity index (χ2v) is 4.05. The lowest BCUT2D eigenvalue weighted by Gasteiger charge is -2.20. The molecule has 0 spiro atoms. The molecule has 3 N–H and O–H groups in total. The fraction of sp³-hybridized carbons (Fsp3) is 0.500. The zero-order chi connectivity index (χ0) is 12.4. The van der Waals surface area contributed by atoms with Crippen LogP contribution in [0.15, 0.2) is 12.3 Å². The first-order valence-corrected chi connectivity index (χ1v) is 5.26. The zero-order valence-electron chi connectivity index (χ0n) is 9.04. The highest BCUT2D eigenvalue weighted by Gasteiger charge is 2.38. The van der Waals surface area contributed by atoms with Crippen molar-refractivity contribution in [1.82, 2.24) is 15.1 Å². The van der Waals surface area contributed by atoms with Crippen LogP contribution in [0.1, 0.15) is 12.1 Å². The summed E-state index contributed by atoms with van der Waals surface area (Å²) in [6.07, 6.45) is 0.915. The third-order valence-corrected chi connectivity index (χ3v) is 2.78. The lowest BCUT2D eigenvalue weighted by atomic mass is 10.2. The molecule has 1 aliphatic rings. The normalized spacial score (nSPS) is 23.9. The number of likely N-dealkylation sites (tertiary alicyclic amines) is 1. The summed E-state index contributed by atoms with van der Waals surface area (Å²) in [4.78, 5) is 24.0. The molecule has 7 heteroatoms. The molecule has 1 aromatic heterocycles. The van der Waals surface area contributed by atoms with Crippen molar-refractivity contribution in [3.8, 4) is 0 Å². The number of carbonyl (C=O) groups excluding carboxylic acids is 1. The van der Waals surface area contributed by atoms with Gasteiger partial charge in [-0.15, -0.1) is 0 Å². The molecule has 2 heterocycles. The molecule has 1 aliphatic heterocycles. The van der Waals surface area contributed by atoms with Crippen molar-refractivity contribution in [3.05, 3.63) is 18.0 Å². The van der Waals surface area contributed by atoms with E-state index in [9.17, 15) is 14.7 Å². The monoisotopic (exact) mass is 239 g/mol. The van der Waals surface area contributed by atoms with Gasteiger partial charge >= 0.3 is 5.97 Å². The Bertz CT molecular complexity index is 417. The number of carboxylic acid groups (broad SMARTS) is 1. The van der Waals surface area contributed by atoms with Crippen LogP contribution in [0, 0.1) is 0 Å². The van der Waals surface area contributed by atoms with Gasteiger partial charge in [-0.2, -0.15) is 5.10 Å². The Hall–Kier alpha value is -1.89. The summed E-state index contributed by atoms with van der Waals surface area (Å²) in [6.45, 7) is 0.0734. The molecule has 17 heavy (non-hydrogen) atoms. The summed E-state index contributed by atoms with van der Waals surface area (Å²) in [7, 11) is 0. The predicted octanol–water partition coefficient (Wildman–Crippen LogP) is -1.00. The van der Waals surface area contributed by atoms with Crippen LogP contribution in [0.5, 0.6) is 0 Å². The van der Waals surface area contributed by atoms with Crippen LogP contribution >= 0.6 is 0 Å². The zero-order valence-corrected chi connectivity index (χ0v) is 9.04. The molecular weight excluding hydrogens is 226 g/mol. The van der Waals surface area contributed by atoms with Gasteiger partial charge in [0.25, 0.3) is 0 Å². The van der Waals surface area contributed by atoms with Crippen LogP contribution in [0.4, 0.5) is 0 Å². The number of aliphatic hydroxyl groups excluding tert-OH is 1. The van der Waals surface area contributed by atoms with Gasteiger partial charge < -0.3 is 15.1 Å². The Labute approximate surface area is 97.0 Å². The van der Waals surface area contributed by atoms with Crippen LogP contribution in [-0.2, 0) is 16.0 Å². The number of amides is 1. The first-order chi connectivity index (χ1) is 8.08. The van der Waals surface area contributed by atoms with E-state index in [1.165, 1.54) is 11.1 Å². The average Bonchev–Trinajstić information content (AvgIpc) is 2.86. The molecule has 0 aliphatic carbocycles. The van der Waals surface area contributed by atoms with E-state index in [1.807, 2.05) is 0 Å². The fourth-order valence-electron chi connectivity index (χ4n) is 1.97. The van der Waals surface area contributed by atoms with Crippen molar-refractivity contribution in [1.29, 1.82) is 0 Å². The summed E-state index contributed by atoms with van der Waals surface area (Å²) in [5.74, 6) is -1.40. The van der Waals surface area contributed by atoms with Gasteiger partial charge in [0.05, 0.1) is 12.5 Å². The Morgan fingerprint density at radius 2 is 2.35 bits per heavy atom. The molecule has 0 radical (unpaired) electrons. The number of nitrogens with zero attached hydrogens (tertiary/aromatic N) is 2. The van der Waals surface area contributed by atoms with Gasteiger partial charge in [0, 0.05) is 24.9 Å². The summed E-state index contributed by atoms with van der Waals surface area (Å²) < 4.78 is 0. The molecule has 92 valence electrons. The number of hydrogen-bond donors (Lipinski definition) is 3. The van der Waals surface area contributed by atoms with Gasteiger partial charge in [-0.3, -0.25) is 9.89 Å². The second-order valence-electron chi connectivity index (χ2n) is 4.05. The number of carboxylic acids is 1. The molecule has 0 bridgehead atoms. The van der Waals surface area contributed by atoms with E-state index in [0.29, 0.717) is 5.69 Å². The predicted molar refractivity (Wildman–Crippen MR) is 56.1 cm³/mol. The molecule has 1 aromatic rings. The van der Waals surface area contributed by atoms with Gasteiger partial charge in [0.2, 0.25) is 5.91 Å². The SMILES string of the molecule is O=C(O)[C@@H]1C[C@H](O)CN1C(=O)Cc1ccn[nH]1. The van der Waals surface area contributed by atoms with Crippen LogP contribution in [-0.4, -0.2) is 55.9 Å². The van der Waals surface area contributed by atoms with E-state index >= 15 is 0 Å². The summed E-state index contributed by atoms with van der Waals surface area (Å²) in [5.41, 5.74) is 0.625. The first kappa shape index (κ1) is 11.6. The maximum absolute atomic E-state index is 11.9. The van der Waals surface area contributed by atoms with Crippen LogP contribution in [0.2, 0.25) is 0 Å².